The minimum absolute atomic E-state index is 0.0279. The summed E-state index contributed by atoms with van der Waals surface area (Å²) in [6.45, 7) is 8.24. The van der Waals surface area contributed by atoms with E-state index >= 15 is 0 Å². The fourth-order valence-corrected chi connectivity index (χ4v) is 4.88. The third kappa shape index (κ3) is 4.89. The molecule has 2 aromatic rings. The summed E-state index contributed by atoms with van der Waals surface area (Å²) in [6.07, 6.45) is 2.68. The molecule has 0 saturated carbocycles. The van der Waals surface area contributed by atoms with Gasteiger partial charge < -0.3 is 10.1 Å². The number of carbonyl (C=O) groups is 1. The first-order valence-corrected chi connectivity index (χ1v) is 10.7. The fraction of sp³-hybridized carbons (Fsp3) is 0.524. The van der Waals surface area contributed by atoms with Crippen molar-refractivity contribution in [3.8, 4) is 0 Å². The number of benzene rings is 1. The number of aromatic nitrogens is 1. The molecule has 1 amide bonds. The number of nitrogens with one attached hydrogen (secondary N) is 1. The second-order valence-corrected chi connectivity index (χ2v) is 9.22. The monoisotopic (exact) mass is 406 g/mol. The summed E-state index contributed by atoms with van der Waals surface area (Å²) in [5.74, 6) is 0.502. The van der Waals surface area contributed by atoms with E-state index in [9.17, 15) is 4.79 Å². The molecule has 0 aliphatic carbocycles. The fourth-order valence-electron chi connectivity index (χ4n) is 3.56. The highest BCUT2D eigenvalue weighted by Crippen LogP contribution is 2.35. The van der Waals surface area contributed by atoms with Gasteiger partial charge in [0.15, 0.2) is 0 Å². The van der Waals surface area contributed by atoms with Crippen LogP contribution in [0.2, 0.25) is 5.02 Å². The van der Waals surface area contributed by atoms with E-state index in [-0.39, 0.29) is 11.3 Å². The van der Waals surface area contributed by atoms with E-state index in [1.165, 1.54) is 16.9 Å². The van der Waals surface area contributed by atoms with Gasteiger partial charge in [0.25, 0.3) is 5.91 Å². The average Bonchev–Trinajstić information content (AvgIpc) is 3.00. The number of aryl methyl sites for hydroxylation is 1. The molecule has 1 aliphatic heterocycles. The number of rotatable bonds is 6. The predicted octanol–water partition coefficient (Wildman–Crippen LogP) is 4.78. The van der Waals surface area contributed by atoms with Gasteiger partial charge in [-0.15, -0.1) is 11.3 Å². The Labute approximate surface area is 170 Å². The molecule has 0 atom stereocenters. The van der Waals surface area contributed by atoms with Crippen molar-refractivity contribution in [3.05, 3.63) is 50.4 Å². The lowest BCUT2D eigenvalue weighted by molar-refractivity contribution is 0.0487. The molecule has 0 unspecified atom stereocenters. The maximum absolute atomic E-state index is 12.8. The molecular weight excluding hydrogens is 380 g/mol. The summed E-state index contributed by atoms with van der Waals surface area (Å²) in [6, 6.07) is 7.97. The van der Waals surface area contributed by atoms with Gasteiger partial charge in [0.2, 0.25) is 0 Å². The normalized spacial score (nSPS) is 16.5. The van der Waals surface area contributed by atoms with E-state index in [2.05, 4.69) is 36.3 Å². The zero-order valence-electron chi connectivity index (χ0n) is 16.2. The zero-order chi connectivity index (χ0) is 19.4. The van der Waals surface area contributed by atoms with Gasteiger partial charge in [-0.25, -0.2) is 4.98 Å². The lowest BCUT2D eigenvalue weighted by Gasteiger charge is -2.38. The number of halogens is 1. The van der Waals surface area contributed by atoms with Crippen molar-refractivity contribution < 1.29 is 9.53 Å². The molecule has 1 aromatic heterocycles. The maximum Gasteiger partial charge on any atom is 0.263 e. The summed E-state index contributed by atoms with van der Waals surface area (Å²) in [4.78, 5) is 18.1. The number of ether oxygens (including phenoxy) is 1. The number of hydrogen-bond acceptors (Lipinski definition) is 4. The van der Waals surface area contributed by atoms with Crippen molar-refractivity contribution >= 4 is 28.8 Å². The van der Waals surface area contributed by atoms with Crippen LogP contribution in [0.4, 0.5) is 0 Å². The van der Waals surface area contributed by atoms with Gasteiger partial charge in [0, 0.05) is 36.6 Å². The number of nitrogens with zero attached hydrogens (tertiary/aromatic N) is 1. The Morgan fingerprint density at radius 3 is 2.59 bits per heavy atom. The minimum Gasteiger partial charge on any atom is -0.381 e. The topological polar surface area (TPSA) is 51.2 Å². The Hall–Kier alpha value is -1.43. The molecule has 146 valence electrons. The summed E-state index contributed by atoms with van der Waals surface area (Å²) >= 11 is 7.57. The van der Waals surface area contributed by atoms with Crippen molar-refractivity contribution in [1.29, 1.82) is 0 Å². The van der Waals surface area contributed by atoms with E-state index < -0.39 is 0 Å². The smallest absolute Gasteiger partial charge is 0.263 e. The summed E-state index contributed by atoms with van der Waals surface area (Å²) in [5.41, 5.74) is 1.91. The van der Waals surface area contributed by atoms with Gasteiger partial charge in [0.05, 0.1) is 10.7 Å². The van der Waals surface area contributed by atoms with Gasteiger partial charge in [-0.1, -0.05) is 37.6 Å². The van der Waals surface area contributed by atoms with E-state index in [1.807, 2.05) is 19.1 Å². The van der Waals surface area contributed by atoms with E-state index in [0.29, 0.717) is 25.7 Å². The lowest BCUT2D eigenvalue weighted by atomic mass is 9.74. The standard InChI is InChI=1S/C21H27ClN2O2S/c1-14(2)12-18-24-15(3)19(27-18)20(25)23-13-21(8-10-26-11-9-21)16-4-6-17(22)7-5-16/h4-7,14H,8-13H2,1-3H3,(H,23,25). The van der Waals surface area contributed by atoms with E-state index in [4.69, 9.17) is 16.3 Å². The number of amides is 1. The average molecular weight is 407 g/mol. The highest BCUT2D eigenvalue weighted by atomic mass is 35.5. The zero-order valence-corrected chi connectivity index (χ0v) is 17.8. The van der Waals surface area contributed by atoms with E-state index in [1.54, 1.807) is 0 Å². The van der Waals surface area contributed by atoms with Gasteiger partial charge in [-0.3, -0.25) is 4.79 Å². The van der Waals surface area contributed by atoms with Crippen LogP contribution < -0.4 is 5.32 Å². The quantitative estimate of drug-likeness (QED) is 0.750. The Kier molecular flexibility index (Phi) is 6.56. The van der Waals surface area contributed by atoms with Crippen LogP contribution in [0.15, 0.2) is 24.3 Å². The molecule has 1 aliphatic rings. The van der Waals surface area contributed by atoms with Gasteiger partial charge in [-0.2, -0.15) is 0 Å². The molecule has 6 heteroatoms. The van der Waals surface area contributed by atoms with Crippen molar-refractivity contribution in [2.24, 2.45) is 5.92 Å². The molecule has 0 bridgehead atoms. The largest absolute Gasteiger partial charge is 0.381 e. The number of carbonyl (C=O) groups excluding carboxylic acids is 1. The van der Waals surface area contributed by atoms with Crippen LogP contribution in [-0.2, 0) is 16.6 Å². The summed E-state index contributed by atoms with van der Waals surface area (Å²) < 4.78 is 5.57. The molecule has 2 heterocycles. The van der Waals surface area contributed by atoms with Crippen molar-refractivity contribution in [2.45, 2.75) is 45.4 Å². The van der Waals surface area contributed by atoms with Gasteiger partial charge in [-0.05, 0) is 43.4 Å². The van der Waals surface area contributed by atoms with Gasteiger partial charge >= 0.3 is 0 Å². The predicted molar refractivity (Wildman–Crippen MR) is 111 cm³/mol. The molecule has 4 nitrogen and oxygen atoms in total. The molecule has 1 saturated heterocycles. The molecular formula is C21H27ClN2O2S. The summed E-state index contributed by atoms with van der Waals surface area (Å²) in [7, 11) is 0. The van der Waals surface area contributed by atoms with Crippen LogP contribution in [-0.4, -0.2) is 30.6 Å². The van der Waals surface area contributed by atoms with E-state index in [0.717, 1.165) is 39.9 Å². The molecule has 0 spiro atoms. The second-order valence-electron chi connectivity index (χ2n) is 7.70. The Bertz CT molecular complexity index is 780. The van der Waals surface area contributed by atoms with Crippen LogP contribution in [0.25, 0.3) is 0 Å². The number of hydrogen-bond donors (Lipinski definition) is 1. The first-order valence-electron chi connectivity index (χ1n) is 9.48. The maximum atomic E-state index is 12.8. The molecule has 1 N–H and O–H groups in total. The number of thiazole rings is 1. The van der Waals surface area contributed by atoms with Crippen molar-refractivity contribution in [1.82, 2.24) is 10.3 Å². The first-order chi connectivity index (χ1) is 12.9. The second kappa shape index (κ2) is 8.72. The Morgan fingerprint density at radius 2 is 1.96 bits per heavy atom. The third-order valence-electron chi connectivity index (χ3n) is 5.12. The molecule has 1 aromatic carbocycles. The first kappa shape index (κ1) is 20.3. The Morgan fingerprint density at radius 1 is 1.30 bits per heavy atom. The molecule has 3 rings (SSSR count). The van der Waals surface area contributed by atoms with Crippen LogP contribution in [0.3, 0.4) is 0 Å². The Balaban J connectivity index is 1.75. The SMILES string of the molecule is Cc1nc(CC(C)C)sc1C(=O)NCC1(c2ccc(Cl)cc2)CCOCC1. The van der Waals surface area contributed by atoms with Crippen molar-refractivity contribution in [2.75, 3.05) is 19.8 Å². The van der Waals surface area contributed by atoms with Crippen LogP contribution in [0.1, 0.15) is 52.6 Å². The molecule has 1 fully saturated rings. The summed E-state index contributed by atoms with van der Waals surface area (Å²) in [5, 5.41) is 4.93. The molecule has 0 radical (unpaired) electrons. The third-order valence-corrected chi connectivity index (χ3v) is 6.55. The van der Waals surface area contributed by atoms with Crippen LogP contribution in [0.5, 0.6) is 0 Å². The van der Waals surface area contributed by atoms with Crippen LogP contribution in [0, 0.1) is 12.8 Å². The van der Waals surface area contributed by atoms with Gasteiger partial charge in [0.1, 0.15) is 4.88 Å². The highest BCUT2D eigenvalue weighted by Gasteiger charge is 2.35. The molecule has 27 heavy (non-hydrogen) atoms. The highest BCUT2D eigenvalue weighted by molar-refractivity contribution is 7.13. The van der Waals surface area contributed by atoms with Crippen molar-refractivity contribution in [3.63, 3.8) is 0 Å². The van der Waals surface area contributed by atoms with Crippen LogP contribution >= 0.6 is 22.9 Å². The lowest BCUT2D eigenvalue weighted by Crippen LogP contribution is -2.44. The minimum atomic E-state index is -0.113.